The van der Waals surface area contributed by atoms with Gasteiger partial charge in [-0.15, -0.1) is 0 Å². The maximum absolute atomic E-state index is 5.63. The van der Waals surface area contributed by atoms with E-state index >= 15 is 0 Å². The van der Waals surface area contributed by atoms with Crippen LogP contribution in [0.1, 0.15) is 70.4 Å². The maximum atomic E-state index is 5.63. The van der Waals surface area contributed by atoms with Gasteiger partial charge < -0.3 is 20.4 Å². The number of benzene rings is 1. The van der Waals surface area contributed by atoms with Crippen molar-refractivity contribution in [2.75, 3.05) is 34.8 Å². The summed E-state index contributed by atoms with van der Waals surface area (Å²) >= 11 is 5.63. The van der Waals surface area contributed by atoms with Crippen molar-refractivity contribution in [3.63, 3.8) is 0 Å². The first-order valence-corrected chi connectivity index (χ1v) is 12.5. The van der Waals surface area contributed by atoms with Crippen molar-refractivity contribution in [3.05, 3.63) is 42.0 Å². The first-order valence-electron chi connectivity index (χ1n) is 12.1. The molecule has 2 saturated heterocycles. The van der Waals surface area contributed by atoms with Gasteiger partial charge in [0.15, 0.2) is 5.11 Å². The minimum absolute atomic E-state index is 0.103. The Morgan fingerprint density at radius 1 is 0.969 bits per heavy atom. The van der Waals surface area contributed by atoms with Crippen molar-refractivity contribution in [1.29, 1.82) is 0 Å². The number of aromatic nitrogens is 2. The van der Waals surface area contributed by atoms with Crippen LogP contribution < -0.4 is 20.4 Å². The standard InChI is InChI=1S/C25H36N6S/c1-19-12-8-11-17-31(19)23-18-22(30-15-9-3-4-10-16-30)27-24(28-23)29-25(32)26-20(2)21-13-6-5-7-14-21/h5-7,13-14,18-20H,3-4,8-12,15-17H2,1-2H3,(H2,26,27,28,29,32)/t19-,20+/m1/s1. The van der Waals surface area contributed by atoms with Crippen molar-refractivity contribution in [2.45, 2.75) is 70.9 Å². The lowest BCUT2D eigenvalue weighted by atomic mass is 10.0. The summed E-state index contributed by atoms with van der Waals surface area (Å²) in [5, 5.41) is 7.20. The van der Waals surface area contributed by atoms with Crippen LogP contribution in [0.15, 0.2) is 36.4 Å². The van der Waals surface area contributed by atoms with Gasteiger partial charge in [0.2, 0.25) is 5.95 Å². The van der Waals surface area contributed by atoms with Crippen LogP contribution in [0, 0.1) is 0 Å². The second-order valence-corrected chi connectivity index (χ2v) is 9.49. The van der Waals surface area contributed by atoms with Gasteiger partial charge in [-0.2, -0.15) is 9.97 Å². The molecular formula is C25H36N6S. The number of piperidine rings is 1. The summed E-state index contributed by atoms with van der Waals surface area (Å²) in [7, 11) is 0. The molecule has 2 aromatic rings. The van der Waals surface area contributed by atoms with Crippen LogP contribution >= 0.6 is 12.2 Å². The Hall–Kier alpha value is -2.41. The molecule has 0 spiro atoms. The molecule has 2 aliphatic heterocycles. The van der Waals surface area contributed by atoms with Gasteiger partial charge in [-0.05, 0) is 63.7 Å². The number of nitrogens with zero attached hydrogens (tertiary/aromatic N) is 4. The zero-order valence-electron chi connectivity index (χ0n) is 19.4. The Morgan fingerprint density at radius 2 is 1.66 bits per heavy atom. The average molecular weight is 453 g/mol. The molecule has 0 amide bonds. The van der Waals surface area contributed by atoms with Gasteiger partial charge in [-0.3, -0.25) is 0 Å². The topological polar surface area (TPSA) is 56.3 Å². The van der Waals surface area contributed by atoms with E-state index in [0.717, 1.165) is 31.3 Å². The minimum Gasteiger partial charge on any atom is -0.356 e. The van der Waals surface area contributed by atoms with E-state index in [9.17, 15) is 0 Å². The van der Waals surface area contributed by atoms with Crippen molar-refractivity contribution in [1.82, 2.24) is 15.3 Å². The largest absolute Gasteiger partial charge is 0.356 e. The summed E-state index contributed by atoms with van der Waals surface area (Å²) in [6.07, 6.45) is 8.75. The SMILES string of the molecule is C[C@H](NC(=S)Nc1nc(N2CCCCCC2)cc(N2CCCC[C@H]2C)n1)c1ccccc1. The second-order valence-electron chi connectivity index (χ2n) is 9.08. The van der Waals surface area contributed by atoms with E-state index < -0.39 is 0 Å². The van der Waals surface area contributed by atoms with Crippen molar-refractivity contribution in [3.8, 4) is 0 Å². The van der Waals surface area contributed by atoms with Gasteiger partial charge in [0.25, 0.3) is 0 Å². The third-order valence-corrected chi connectivity index (χ3v) is 6.82. The predicted molar refractivity (Wildman–Crippen MR) is 138 cm³/mol. The zero-order chi connectivity index (χ0) is 22.3. The molecule has 0 aliphatic carbocycles. The Morgan fingerprint density at radius 3 is 2.38 bits per heavy atom. The maximum Gasteiger partial charge on any atom is 0.232 e. The van der Waals surface area contributed by atoms with Crippen molar-refractivity contribution >= 4 is 34.9 Å². The molecule has 3 heterocycles. The lowest BCUT2D eigenvalue weighted by molar-refractivity contribution is 0.481. The van der Waals surface area contributed by atoms with E-state index in [0.29, 0.717) is 17.1 Å². The zero-order valence-corrected chi connectivity index (χ0v) is 20.2. The van der Waals surface area contributed by atoms with Crippen LogP contribution in [0.5, 0.6) is 0 Å². The van der Waals surface area contributed by atoms with Crippen LogP contribution in [0.3, 0.4) is 0 Å². The molecular weight excluding hydrogens is 416 g/mol. The molecule has 4 rings (SSSR count). The van der Waals surface area contributed by atoms with Gasteiger partial charge in [-0.25, -0.2) is 0 Å². The molecule has 6 nitrogen and oxygen atoms in total. The highest BCUT2D eigenvalue weighted by atomic mass is 32.1. The van der Waals surface area contributed by atoms with Crippen molar-refractivity contribution < 1.29 is 0 Å². The Balaban J connectivity index is 1.54. The number of thiocarbonyl (C=S) groups is 1. The average Bonchev–Trinajstić information content (AvgIpc) is 3.09. The fourth-order valence-corrected chi connectivity index (χ4v) is 4.95. The highest BCUT2D eigenvalue weighted by molar-refractivity contribution is 7.80. The van der Waals surface area contributed by atoms with Crippen LogP contribution in [-0.4, -0.2) is 40.8 Å². The van der Waals surface area contributed by atoms with E-state index in [1.165, 1.54) is 50.5 Å². The molecule has 0 bridgehead atoms. The quantitative estimate of drug-likeness (QED) is 0.598. The third-order valence-electron chi connectivity index (χ3n) is 6.60. The van der Waals surface area contributed by atoms with E-state index in [2.05, 4.69) is 52.5 Å². The highest BCUT2D eigenvalue weighted by Gasteiger charge is 2.23. The summed E-state index contributed by atoms with van der Waals surface area (Å²) < 4.78 is 0. The monoisotopic (exact) mass is 452 g/mol. The molecule has 0 radical (unpaired) electrons. The number of anilines is 3. The molecule has 172 valence electrons. The molecule has 2 aliphatic rings. The normalized spacial score (nSPS) is 20.4. The number of hydrogen-bond acceptors (Lipinski definition) is 5. The molecule has 1 aromatic carbocycles. The predicted octanol–water partition coefficient (Wildman–Crippen LogP) is 5.28. The Labute approximate surface area is 197 Å². The van der Waals surface area contributed by atoms with E-state index in [-0.39, 0.29) is 6.04 Å². The van der Waals surface area contributed by atoms with Gasteiger partial charge in [-0.1, -0.05) is 43.2 Å². The van der Waals surface area contributed by atoms with Gasteiger partial charge in [0.1, 0.15) is 11.6 Å². The van der Waals surface area contributed by atoms with Crippen LogP contribution in [0.25, 0.3) is 0 Å². The molecule has 0 unspecified atom stereocenters. The third kappa shape index (κ3) is 5.88. The first-order chi connectivity index (χ1) is 15.6. The molecule has 2 atom stereocenters. The molecule has 0 saturated carbocycles. The molecule has 32 heavy (non-hydrogen) atoms. The fraction of sp³-hybridized carbons (Fsp3) is 0.560. The number of rotatable bonds is 5. The smallest absolute Gasteiger partial charge is 0.232 e. The molecule has 2 fully saturated rings. The lowest BCUT2D eigenvalue weighted by Gasteiger charge is -2.35. The molecule has 7 heteroatoms. The van der Waals surface area contributed by atoms with Crippen molar-refractivity contribution in [2.24, 2.45) is 0 Å². The number of nitrogens with one attached hydrogen (secondary N) is 2. The first kappa shape index (κ1) is 22.8. The van der Waals surface area contributed by atoms with Crippen LogP contribution in [0.2, 0.25) is 0 Å². The molecule has 2 N–H and O–H groups in total. The van der Waals surface area contributed by atoms with Gasteiger partial charge >= 0.3 is 0 Å². The van der Waals surface area contributed by atoms with E-state index in [1.807, 2.05) is 18.2 Å². The number of hydrogen-bond donors (Lipinski definition) is 2. The highest BCUT2D eigenvalue weighted by Crippen LogP contribution is 2.28. The summed E-state index contributed by atoms with van der Waals surface area (Å²) in [6, 6.07) is 13.1. The lowest BCUT2D eigenvalue weighted by Crippen LogP contribution is -2.38. The van der Waals surface area contributed by atoms with Gasteiger partial charge in [0, 0.05) is 31.7 Å². The van der Waals surface area contributed by atoms with Gasteiger partial charge in [0.05, 0.1) is 6.04 Å². The van der Waals surface area contributed by atoms with Crippen LogP contribution in [-0.2, 0) is 0 Å². The Bertz CT molecular complexity index is 881. The van der Waals surface area contributed by atoms with E-state index in [4.69, 9.17) is 22.2 Å². The summed E-state index contributed by atoms with van der Waals surface area (Å²) in [5.41, 5.74) is 1.19. The summed E-state index contributed by atoms with van der Waals surface area (Å²) in [5.74, 6) is 2.60. The Kier molecular flexibility index (Phi) is 7.79. The van der Waals surface area contributed by atoms with E-state index in [1.54, 1.807) is 0 Å². The summed E-state index contributed by atoms with van der Waals surface area (Å²) in [4.78, 5) is 14.6. The molecule has 1 aromatic heterocycles. The second kappa shape index (κ2) is 10.9. The summed E-state index contributed by atoms with van der Waals surface area (Å²) in [6.45, 7) is 7.57. The van der Waals surface area contributed by atoms with Crippen LogP contribution in [0.4, 0.5) is 17.6 Å². The minimum atomic E-state index is 0.103. The fourth-order valence-electron chi connectivity index (χ4n) is 4.68.